The number of ether oxygens (including phenoxy) is 1. The Labute approximate surface area is 111 Å². The van der Waals surface area contributed by atoms with E-state index in [0.717, 1.165) is 38.2 Å². The van der Waals surface area contributed by atoms with E-state index in [1.165, 1.54) is 0 Å². The maximum absolute atomic E-state index is 5.34. The second kappa shape index (κ2) is 7.59. The molecule has 0 aromatic carbocycles. The van der Waals surface area contributed by atoms with E-state index < -0.39 is 0 Å². The van der Waals surface area contributed by atoms with Crippen LogP contribution in [0.3, 0.4) is 0 Å². The van der Waals surface area contributed by atoms with Crippen molar-refractivity contribution < 1.29 is 9.15 Å². The lowest BCUT2D eigenvalue weighted by atomic mass is 9.89. The Balaban J connectivity index is 2.17. The smallest absolute Gasteiger partial charge is 0.103 e. The molecule has 0 amide bonds. The standard InChI is InChI=1S/C15H27NO2/c1-13(7-8-14-6-5-10-18-14)16-12-15(2,3)9-11-17-4/h5-6,10,13,16H,7-9,11-12H2,1-4H3. The molecule has 1 aromatic rings. The van der Waals surface area contributed by atoms with E-state index in [2.05, 4.69) is 26.1 Å². The highest BCUT2D eigenvalue weighted by atomic mass is 16.5. The Bertz CT molecular complexity index is 306. The minimum absolute atomic E-state index is 0.287. The number of hydrogen-bond donors (Lipinski definition) is 1. The zero-order valence-corrected chi connectivity index (χ0v) is 12.2. The van der Waals surface area contributed by atoms with Gasteiger partial charge in [0.05, 0.1) is 6.26 Å². The Morgan fingerprint density at radius 1 is 1.44 bits per heavy atom. The van der Waals surface area contributed by atoms with Gasteiger partial charge in [-0.25, -0.2) is 0 Å². The molecule has 0 bridgehead atoms. The van der Waals surface area contributed by atoms with Crippen LogP contribution in [0.25, 0.3) is 0 Å². The average Bonchev–Trinajstić information content (AvgIpc) is 2.84. The maximum atomic E-state index is 5.34. The van der Waals surface area contributed by atoms with Crippen molar-refractivity contribution in [1.29, 1.82) is 0 Å². The number of rotatable bonds is 9. The molecule has 0 saturated carbocycles. The number of nitrogens with one attached hydrogen (secondary N) is 1. The van der Waals surface area contributed by atoms with Crippen molar-refractivity contribution in [3.05, 3.63) is 24.2 Å². The van der Waals surface area contributed by atoms with Crippen LogP contribution < -0.4 is 5.32 Å². The van der Waals surface area contributed by atoms with Gasteiger partial charge in [-0.05, 0) is 37.3 Å². The number of aryl methyl sites for hydroxylation is 1. The molecule has 3 nitrogen and oxygen atoms in total. The Kier molecular flexibility index (Phi) is 6.44. The highest BCUT2D eigenvalue weighted by Crippen LogP contribution is 2.19. The van der Waals surface area contributed by atoms with Crippen molar-refractivity contribution in [1.82, 2.24) is 5.32 Å². The third-order valence-corrected chi connectivity index (χ3v) is 3.32. The molecule has 0 saturated heterocycles. The Hall–Kier alpha value is -0.800. The fraction of sp³-hybridized carbons (Fsp3) is 0.733. The van der Waals surface area contributed by atoms with Gasteiger partial charge in [0.25, 0.3) is 0 Å². The molecule has 1 N–H and O–H groups in total. The Morgan fingerprint density at radius 3 is 2.83 bits per heavy atom. The van der Waals surface area contributed by atoms with Gasteiger partial charge in [0.2, 0.25) is 0 Å². The molecule has 0 aliphatic carbocycles. The summed E-state index contributed by atoms with van der Waals surface area (Å²) in [5.74, 6) is 1.07. The van der Waals surface area contributed by atoms with Crippen molar-refractivity contribution in [3.63, 3.8) is 0 Å². The van der Waals surface area contributed by atoms with E-state index in [9.17, 15) is 0 Å². The van der Waals surface area contributed by atoms with Crippen LogP contribution >= 0.6 is 0 Å². The van der Waals surface area contributed by atoms with Crippen LogP contribution in [-0.4, -0.2) is 26.3 Å². The molecule has 18 heavy (non-hydrogen) atoms. The Morgan fingerprint density at radius 2 is 2.22 bits per heavy atom. The summed E-state index contributed by atoms with van der Waals surface area (Å²) in [5.41, 5.74) is 0.287. The van der Waals surface area contributed by atoms with Gasteiger partial charge < -0.3 is 14.5 Å². The number of methoxy groups -OCH3 is 1. The zero-order valence-electron chi connectivity index (χ0n) is 12.2. The summed E-state index contributed by atoms with van der Waals surface area (Å²) in [6, 6.07) is 4.49. The van der Waals surface area contributed by atoms with Gasteiger partial charge in [-0.15, -0.1) is 0 Å². The summed E-state index contributed by atoms with van der Waals surface area (Å²) in [6.07, 6.45) is 4.93. The highest BCUT2D eigenvalue weighted by molar-refractivity contribution is 4.98. The van der Waals surface area contributed by atoms with E-state index >= 15 is 0 Å². The van der Waals surface area contributed by atoms with Crippen molar-refractivity contribution in [3.8, 4) is 0 Å². The van der Waals surface area contributed by atoms with Gasteiger partial charge in [-0.2, -0.15) is 0 Å². The average molecular weight is 253 g/mol. The van der Waals surface area contributed by atoms with Crippen LogP contribution in [0.4, 0.5) is 0 Å². The molecular formula is C15H27NO2. The molecule has 1 aromatic heterocycles. The molecule has 0 aliphatic heterocycles. The second-order valence-electron chi connectivity index (χ2n) is 5.81. The molecule has 1 unspecified atom stereocenters. The van der Waals surface area contributed by atoms with E-state index in [4.69, 9.17) is 9.15 Å². The van der Waals surface area contributed by atoms with Gasteiger partial charge in [0.1, 0.15) is 5.76 Å². The largest absolute Gasteiger partial charge is 0.469 e. The molecule has 1 rings (SSSR count). The van der Waals surface area contributed by atoms with Gasteiger partial charge in [0, 0.05) is 32.7 Å². The van der Waals surface area contributed by atoms with Crippen LogP contribution in [0.1, 0.15) is 39.4 Å². The van der Waals surface area contributed by atoms with Crippen LogP contribution in [0.5, 0.6) is 0 Å². The first-order valence-electron chi connectivity index (χ1n) is 6.78. The fourth-order valence-electron chi connectivity index (χ4n) is 1.83. The number of furan rings is 1. The first-order chi connectivity index (χ1) is 8.53. The third kappa shape index (κ3) is 6.22. The van der Waals surface area contributed by atoms with Gasteiger partial charge in [-0.1, -0.05) is 13.8 Å². The van der Waals surface area contributed by atoms with Gasteiger partial charge >= 0.3 is 0 Å². The summed E-state index contributed by atoms with van der Waals surface area (Å²) in [7, 11) is 1.76. The quantitative estimate of drug-likeness (QED) is 0.733. The monoisotopic (exact) mass is 253 g/mol. The molecule has 0 radical (unpaired) electrons. The van der Waals surface area contributed by atoms with Crippen molar-refractivity contribution in [2.24, 2.45) is 5.41 Å². The summed E-state index contributed by atoms with van der Waals surface area (Å²) >= 11 is 0. The van der Waals surface area contributed by atoms with E-state index in [0.29, 0.717) is 6.04 Å². The summed E-state index contributed by atoms with van der Waals surface area (Å²) in [6.45, 7) is 8.64. The summed E-state index contributed by atoms with van der Waals surface area (Å²) < 4.78 is 10.5. The predicted molar refractivity (Wildman–Crippen MR) is 74.8 cm³/mol. The van der Waals surface area contributed by atoms with Crippen molar-refractivity contribution in [2.45, 2.75) is 46.1 Å². The normalized spacial score (nSPS) is 13.8. The van der Waals surface area contributed by atoms with Crippen LogP contribution in [0.2, 0.25) is 0 Å². The first kappa shape index (κ1) is 15.3. The number of hydrogen-bond acceptors (Lipinski definition) is 3. The molecule has 0 aliphatic rings. The molecule has 0 spiro atoms. The van der Waals surface area contributed by atoms with E-state index in [1.54, 1.807) is 13.4 Å². The molecule has 1 heterocycles. The molecular weight excluding hydrogens is 226 g/mol. The minimum Gasteiger partial charge on any atom is -0.469 e. The lowest BCUT2D eigenvalue weighted by molar-refractivity contribution is 0.149. The van der Waals surface area contributed by atoms with Gasteiger partial charge in [0.15, 0.2) is 0 Å². The lowest BCUT2D eigenvalue weighted by Crippen LogP contribution is -2.36. The van der Waals surface area contributed by atoms with E-state index in [-0.39, 0.29) is 5.41 Å². The molecule has 3 heteroatoms. The maximum Gasteiger partial charge on any atom is 0.103 e. The second-order valence-corrected chi connectivity index (χ2v) is 5.81. The van der Waals surface area contributed by atoms with Crippen molar-refractivity contribution >= 4 is 0 Å². The van der Waals surface area contributed by atoms with Gasteiger partial charge in [-0.3, -0.25) is 0 Å². The van der Waals surface area contributed by atoms with Crippen molar-refractivity contribution in [2.75, 3.05) is 20.3 Å². The van der Waals surface area contributed by atoms with E-state index in [1.807, 2.05) is 12.1 Å². The predicted octanol–water partition coefficient (Wildman–Crippen LogP) is 3.25. The fourth-order valence-corrected chi connectivity index (χ4v) is 1.83. The van der Waals surface area contributed by atoms with Crippen LogP contribution in [-0.2, 0) is 11.2 Å². The lowest BCUT2D eigenvalue weighted by Gasteiger charge is -2.27. The zero-order chi connectivity index (χ0) is 13.4. The summed E-state index contributed by atoms with van der Waals surface area (Å²) in [5, 5.41) is 3.60. The topological polar surface area (TPSA) is 34.4 Å². The van der Waals surface area contributed by atoms with Crippen LogP contribution in [0, 0.1) is 5.41 Å². The summed E-state index contributed by atoms with van der Waals surface area (Å²) in [4.78, 5) is 0. The molecule has 1 atom stereocenters. The SMILES string of the molecule is COCCC(C)(C)CNC(C)CCc1ccco1. The molecule has 104 valence electrons. The molecule has 0 fully saturated rings. The highest BCUT2D eigenvalue weighted by Gasteiger charge is 2.18. The minimum atomic E-state index is 0.287. The van der Waals surface area contributed by atoms with Crippen LogP contribution in [0.15, 0.2) is 22.8 Å². The first-order valence-corrected chi connectivity index (χ1v) is 6.78. The third-order valence-electron chi connectivity index (χ3n) is 3.32.